The highest BCUT2D eigenvalue weighted by molar-refractivity contribution is 7.09. The molecule has 1 heterocycles. The van der Waals surface area contributed by atoms with Crippen LogP contribution in [-0.4, -0.2) is 30.1 Å². The summed E-state index contributed by atoms with van der Waals surface area (Å²) >= 11 is 1.47. The van der Waals surface area contributed by atoms with Gasteiger partial charge in [-0.3, -0.25) is 4.79 Å². The predicted octanol–water partition coefficient (Wildman–Crippen LogP) is 2.29. The van der Waals surface area contributed by atoms with E-state index >= 15 is 0 Å². The van der Waals surface area contributed by atoms with Crippen LogP contribution < -0.4 is 10.6 Å². The van der Waals surface area contributed by atoms with Gasteiger partial charge in [0.05, 0.1) is 13.2 Å². The summed E-state index contributed by atoms with van der Waals surface area (Å²) in [5, 5.41) is 8.11. The third-order valence-corrected chi connectivity index (χ3v) is 4.22. The summed E-state index contributed by atoms with van der Waals surface area (Å²) in [5.41, 5.74) is 0.950. The quantitative estimate of drug-likeness (QED) is 0.850. The summed E-state index contributed by atoms with van der Waals surface area (Å²) in [6, 6.07) is 8.55. The number of ether oxygens (including phenoxy) is 1. The number of carbonyl (C=O) groups is 2. The van der Waals surface area contributed by atoms with Crippen molar-refractivity contribution in [3.05, 3.63) is 52.5 Å². The van der Waals surface area contributed by atoms with Crippen LogP contribution in [0.2, 0.25) is 0 Å². The van der Waals surface area contributed by atoms with Gasteiger partial charge in [0.15, 0.2) is 0 Å². The first kappa shape index (κ1) is 17.0. The van der Waals surface area contributed by atoms with Gasteiger partial charge < -0.3 is 15.4 Å². The SMILES string of the molecule is COC(=O)N[C@@H](Cc1ccccc1)C(=O)N[C@@H](C)c1nccs1. The third-order valence-electron chi connectivity index (χ3n) is 3.26. The molecule has 6 nitrogen and oxygen atoms in total. The topological polar surface area (TPSA) is 80.3 Å². The van der Waals surface area contributed by atoms with Crippen molar-refractivity contribution in [2.45, 2.75) is 25.4 Å². The summed E-state index contributed by atoms with van der Waals surface area (Å²) in [5.74, 6) is -0.276. The van der Waals surface area contributed by atoms with Gasteiger partial charge in [-0.05, 0) is 12.5 Å². The van der Waals surface area contributed by atoms with E-state index < -0.39 is 12.1 Å². The number of nitrogens with zero attached hydrogens (tertiary/aromatic N) is 1. The maximum atomic E-state index is 12.5. The fraction of sp³-hybridized carbons (Fsp3) is 0.312. The molecule has 2 N–H and O–H groups in total. The molecular formula is C16H19N3O3S. The molecule has 0 aliphatic heterocycles. The Bertz CT molecular complexity index is 631. The molecule has 0 fully saturated rings. The minimum atomic E-state index is -0.715. The van der Waals surface area contributed by atoms with Crippen molar-refractivity contribution in [2.75, 3.05) is 7.11 Å². The van der Waals surface area contributed by atoms with Crippen LogP contribution in [0.5, 0.6) is 0 Å². The summed E-state index contributed by atoms with van der Waals surface area (Å²) < 4.78 is 4.61. The highest BCUT2D eigenvalue weighted by Gasteiger charge is 2.23. The van der Waals surface area contributed by atoms with Gasteiger partial charge in [-0.1, -0.05) is 30.3 Å². The van der Waals surface area contributed by atoms with E-state index in [9.17, 15) is 9.59 Å². The molecule has 1 aromatic heterocycles. The molecule has 2 atom stereocenters. The number of rotatable bonds is 6. The van der Waals surface area contributed by atoms with Crippen molar-refractivity contribution >= 4 is 23.3 Å². The summed E-state index contributed by atoms with van der Waals surface area (Å²) in [7, 11) is 1.27. The number of hydrogen-bond acceptors (Lipinski definition) is 5. The van der Waals surface area contributed by atoms with Crippen LogP contribution in [0.3, 0.4) is 0 Å². The van der Waals surface area contributed by atoms with Gasteiger partial charge >= 0.3 is 6.09 Å². The zero-order valence-electron chi connectivity index (χ0n) is 13.0. The second kappa shape index (κ2) is 8.28. The van der Waals surface area contributed by atoms with Crippen molar-refractivity contribution in [2.24, 2.45) is 0 Å². The van der Waals surface area contributed by atoms with Crippen molar-refractivity contribution in [1.82, 2.24) is 15.6 Å². The molecule has 122 valence electrons. The molecule has 2 rings (SSSR count). The highest BCUT2D eigenvalue weighted by Crippen LogP contribution is 2.15. The molecule has 0 aliphatic rings. The molecule has 0 unspecified atom stereocenters. The number of benzene rings is 1. The molecule has 0 bridgehead atoms. The van der Waals surface area contributed by atoms with Crippen molar-refractivity contribution in [1.29, 1.82) is 0 Å². The number of carbonyl (C=O) groups excluding carboxylic acids is 2. The number of methoxy groups -OCH3 is 1. The fourth-order valence-electron chi connectivity index (χ4n) is 2.08. The van der Waals surface area contributed by atoms with Crippen LogP contribution >= 0.6 is 11.3 Å². The minimum absolute atomic E-state index is 0.222. The van der Waals surface area contributed by atoms with Gasteiger partial charge in [-0.25, -0.2) is 9.78 Å². The predicted molar refractivity (Wildman–Crippen MR) is 88.1 cm³/mol. The van der Waals surface area contributed by atoms with Crippen LogP contribution in [0.4, 0.5) is 4.79 Å². The normalized spacial score (nSPS) is 13.0. The van der Waals surface area contributed by atoms with Crippen LogP contribution in [0.15, 0.2) is 41.9 Å². The molecule has 0 aliphatic carbocycles. The minimum Gasteiger partial charge on any atom is -0.453 e. The van der Waals surface area contributed by atoms with Crippen molar-refractivity contribution in [3.63, 3.8) is 0 Å². The highest BCUT2D eigenvalue weighted by atomic mass is 32.1. The number of alkyl carbamates (subject to hydrolysis) is 1. The maximum Gasteiger partial charge on any atom is 0.407 e. The third kappa shape index (κ3) is 5.07. The lowest BCUT2D eigenvalue weighted by Crippen LogP contribution is -2.48. The van der Waals surface area contributed by atoms with Gasteiger partial charge in [-0.2, -0.15) is 0 Å². The zero-order valence-corrected chi connectivity index (χ0v) is 13.8. The largest absolute Gasteiger partial charge is 0.453 e. The number of hydrogen-bond donors (Lipinski definition) is 2. The number of nitrogens with one attached hydrogen (secondary N) is 2. The number of aromatic nitrogens is 1. The molecule has 0 saturated carbocycles. The van der Waals surface area contributed by atoms with Crippen LogP contribution in [0.25, 0.3) is 0 Å². The average Bonchev–Trinajstić information content (AvgIpc) is 3.09. The maximum absolute atomic E-state index is 12.5. The second-order valence-electron chi connectivity index (χ2n) is 4.98. The van der Waals surface area contributed by atoms with E-state index in [1.807, 2.05) is 42.6 Å². The number of amides is 2. The Morgan fingerprint density at radius 3 is 2.61 bits per heavy atom. The van der Waals surface area contributed by atoms with Gasteiger partial charge in [-0.15, -0.1) is 11.3 Å². The monoisotopic (exact) mass is 333 g/mol. The lowest BCUT2D eigenvalue weighted by atomic mass is 10.1. The smallest absolute Gasteiger partial charge is 0.407 e. The molecule has 1 aromatic carbocycles. The van der Waals surface area contributed by atoms with E-state index in [2.05, 4.69) is 20.4 Å². The van der Waals surface area contributed by atoms with Gasteiger partial charge in [0.25, 0.3) is 0 Å². The molecular weight excluding hydrogens is 314 g/mol. The summed E-state index contributed by atoms with van der Waals surface area (Å²) in [4.78, 5) is 28.2. The first-order valence-corrected chi connectivity index (χ1v) is 8.06. The Kier molecular flexibility index (Phi) is 6.10. The van der Waals surface area contributed by atoms with Gasteiger partial charge in [0.1, 0.15) is 11.0 Å². The second-order valence-corrected chi connectivity index (χ2v) is 5.90. The lowest BCUT2D eigenvalue weighted by Gasteiger charge is -2.20. The van der Waals surface area contributed by atoms with Crippen LogP contribution in [0, 0.1) is 0 Å². The first-order valence-electron chi connectivity index (χ1n) is 7.18. The summed E-state index contributed by atoms with van der Waals surface area (Å²) in [6.45, 7) is 1.86. The lowest BCUT2D eigenvalue weighted by molar-refractivity contribution is -0.123. The fourth-order valence-corrected chi connectivity index (χ4v) is 2.73. The Hall–Kier alpha value is -2.41. The molecule has 0 spiro atoms. The Balaban J connectivity index is 2.05. The molecule has 0 radical (unpaired) electrons. The van der Waals surface area contributed by atoms with E-state index in [0.717, 1.165) is 10.6 Å². The molecule has 23 heavy (non-hydrogen) atoms. The van der Waals surface area contributed by atoms with Crippen molar-refractivity contribution < 1.29 is 14.3 Å². The Labute approximate surface area is 138 Å². The van der Waals surface area contributed by atoms with E-state index in [-0.39, 0.29) is 11.9 Å². The van der Waals surface area contributed by atoms with Gasteiger partial charge in [0.2, 0.25) is 5.91 Å². The molecule has 0 saturated heterocycles. The van der Waals surface area contributed by atoms with Gasteiger partial charge in [0, 0.05) is 18.0 Å². The summed E-state index contributed by atoms with van der Waals surface area (Å²) in [6.07, 6.45) is 1.44. The van der Waals surface area contributed by atoms with E-state index in [0.29, 0.717) is 6.42 Å². The molecule has 7 heteroatoms. The van der Waals surface area contributed by atoms with E-state index in [1.165, 1.54) is 18.4 Å². The standard InChI is InChI=1S/C16H19N3O3S/c1-11(15-17-8-9-23-15)18-14(20)13(19-16(21)22-2)10-12-6-4-3-5-7-12/h3-9,11,13H,10H2,1-2H3,(H,18,20)(H,19,21)/t11-,13-/m0/s1. The Morgan fingerprint density at radius 2 is 2.00 bits per heavy atom. The van der Waals surface area contributed by atoms with Crippen LogP contribution in [-0.2, 0) is 16.0 Å². The van der Waals surface area contributed by atoms with E-state index in [4.69, 9.17) is 0 Å². The van der Waals surface area contributed by atoms with Crippen molar-refractivity contribution in [3.8, 4) is 0 Å². The average molecular weight is 333 g/mol. The first-order chi connectivity index (χ1) is 11.1. The van der Waals surface area contributed by atoms with E-state index in [1.54, 1.807) is 6.20 Å². The van der Waals surface area contributed by atoms with Crippen LogP contribution in [0.1, 0.15) is 23.5 Å². The molecule has 2 aromatic rings. The molecule has 2 amide bonds. The zero-order chi connectivity index (χ0) is 16.7. The number of thiazole rings is 1. The Morgan fingerprint density at radius 1 is 1.26 bits per heavy atom.